The first-order chi connectivity index (χ1) is 10.1. The minimum atomic E-state index is -0.199. The summed E-state index contributed by atoms with van der Waals surface area (Å²) in [5, 5.41) is 3.41. The summed E-state index contributed by atoms with van der Waals surface area (Å²) in [6.45, 7) is 7.42. The van der Waals surface area contributed by atoms with Crippen LogP contribution in [0.3, 0.4) is 0 Å². The summed E-state index contributed by atoms with van der Waals surface area (Å²) in [6, 6.07) is 3.65. The van der Waals surface area contributed by atoms with Gasteiger partial charge in [-0.3, -0.25) is 4.79 Å². The number of ether oxygens (including phenoxy) is 2. The van der Waals surface area contributed by atoms with Gasteiger partial charge in [0, 0.05) is 18.3 Å². The third-order valence-electron chi connectivity index (χ3n) is 3.16. The molecule has 0 saturated heterocycles. The van der Waals surface area contributed by atoms with Gasteiger partial charge in [-0.1, -0.05) is 19.9 Å². The van der Waals surface area contributed by atoms with E-state index in [2.05, 4.69) is 24.1 Å². The van der Waals surface area contributed by atoms with Gasteiger partial charge in [0.05, 0.1) is 20.1 Å². The molecule has 0 aliphatic rings. The second-order valence-corrected chi connectivity index (χ2v) is 5.33. The number of nitrogens with zero attached hydrogens (tertiary/aromatic N) is 1. The first kappa shape index (κ1) is 17.4. The predicted octanol–water partition coefficient (Wildman–Crippen LogP) is 2.72. The summed E-state index contributed by atoms with van der Waals surface area (Å²) >= 11 is 0. The second kappa shape index (κ2) is 9.34. The molecule has 0 amide bonds. The normalized spacial score (nSPS) is 12.2. The van der Waals surface area contributed by atoms with E-state index in [0.29, 0.717) is 24.8 Å². The van der Waals surface area contributed by atoms with Crippen molar-refractivity contribution >= 4 is 5.97 Å². The van der Waals surface area contributed by atoms with Crippen LogP contribution in [-0.2, 0) is 9.53 Å². The molecular formula is C16H26N2O3. The molecule has 1 atom stereocenters. The molecule has 0 aliphatic heterocycles. The number of methoxy groups -OCH3 is 1. The number of pyridine rings is 1. The molecule has 0 bridgehead atoms. The van der Waals surface area contributed by atoms with Gasteiger partial charge in [-0.05, 0) is 31.4 Å². The summed E-state index contributed by atoms with van der Waals surface area (Å²) in [6.07, 6.45) is 3.11. The Balaban J connectivity index is 2.71. The van der Waals surface area contributed by atoms with Crippen LogP contribution < -0.4 is 10.1 Å². The van der Waals surface area contributed by atoms with Gasteiger partial charge in [0.2, 0.25) is 5.88 Å². The number of rotatable bonds is 9. The molecule has 0 aromatic carbocycles. The Morgan fingerprint density at radius 3 is 2.67 bits per heavy atom. The molecule has 1 aromatic rings. The summed E-state index contributed by atoms with van der Waals surface area (Å²) in [7, 11) is 1.58. The number of hydrogen-bond acceptors (Lipinski definition) is 5. The Morgan fingerprint density at radius 2 is 2.14 bits per heavy atom. The van der Waals surface area contributed by atoms with Crippen molar-refractivity contribution < 1.29 is 14.3 Å². The second-order valence-electron chi connectivity index (χ2n) is 5.33. The van der Waals surface area contributed by atoms with E-state index in [9.17, 15) is 4.79 Å². The number of carbonyl (C=O) groups is 1. The van der Waals surface area contributed by atoms with E-state index in [1.165, 1.54) is 0 Å². The van der Waals surface area contributed by atoms with Crippen molar-refractivity contribution in [2.45, 2.75) is 39.7 Å². The molecule has 21 heavy (non-hydrogen) atoms. The average molecular weight is 294 g/mol. The minimum absolute atomic E-state index is 0.0822. The van der Waals surface area contributed by atoms with Crippen molar-refractivity contribution in [3.63, 3.8) is 0 Å². The van der Waals surface area contributed by atoms with Crippen molar-refractivity contribution in [3.05, 3.63) is 23.9 Å². The predicted molar refractivity (Wildman–Crippen MR) is 82.2 cm³/mol. The molecule has 0 radical (unpaired) electrons. The molecule has 118 valence electrons. The van der Waals surface area contributed by atoms with Gasteiger partial charge in [0.25, 0.3) is 0 Å². The van der Waals surface area contributed by atoms with Crippen LogP contribution in [0.4, 0.5) is 0 Å². The Hall–Kier alpha value is -1.62. The fourth-order valence-electron chi connectivity index (χ4n) is 1.96. The van der Waals surface area contributed by atoms with Gasteiger partial charge in [0.1, 0.15) is 0 Å². The molecule has 5 heteroatoms. The van der Waals surface area contributed by atoms with E-state index >= 15 is 0 Å². The molecule has 0 fully saturated rings. The molecular weight excluding hydrogens is 268 g/mol. The summed E-state index contributed by atoms with van der Waals surface area (Å²) in [4.78, 5) is 15.9. The van der Waals surface area contributed by atoms with Crippen LogP contribution in [0, 0.1) is 5.92 Å². The molecule has 1 heterocycles. The lowest BCUT2D eigenvalue weighted by atomic mass is 10.0. The molecule has 0 saturated carbocycles. The lowest BCUT2D eigenvalue weighted by Gasteiger charge is -2.19. The first-order valence-corrected chi connectivity index (χ1v) is 7.45. The third kappa shape index (κ3) is 6.58. The summed E-state index contributed by atoms with van der Waals surface area (Å²) in [5.74, 6) is 0.987. The fourth-order valence-corrected chi connectivity index (χ4v) is 1.96. The molecule has 1 N–H and O–H groups in total. The van der Waals surface area contributed by atoms with Gasteiger partial charge in [-0.25, -0.2) is 4.98 Å². The maximum atomic E-state index is 11.7. The Bertz CT molecular complexity index is 418. The zero-order valence-corrected chi connectivity index (χ0v) is 13.4. The van der Waals surface area contributed by atoms with Gasteiger partial charge in [-0.15, -0.1) is 0 Å². The highest BCUT2D eigenvalue weighted by molar-refractivity contribution is 5.70. The van der Waals surface area contributed by atoms with E-state index in [4.69, 9.17) is 9.47 Å². The number of nitrogens with one attached hydrogen (secondary N) is 1. The van der Waals surface area contributed by atoms with Gasteiger partial charge in [-0.2, -0.15) is 0 Å². The van der Waals surface area contributed by atoms with Crippen LogP contribution in [0.25, 0.3) is 0 Å². The lowest BCUT2D eigenvalue weighted by molar-refractivity contribution is -0.143. The molecule has 5 nitrogen and oxygen atoms in total. The fraction of sp³-hybridized carbons (Fsp3) is 0.625. The number of aromatic nitrogens is 1. The largest absolute Gasteiger partial charge is 0.481 e. The highest BCUT2D eigenvalue weighted by atomic mass is 16.5. The molecule has 0 aliphatic carbocycles. The van der Waals surface area contributed by atoms with E-state index in [-0.39, 0.29) is 12.0 Å². The zero-order chi connectivity index (χ0) is 15.7. The van der Waals surface area contributed by atoms with Crippen molar-refractivity contribution in [3.8, 4) is 5.88 Å². The SMILES string of the molecule is CCOC(=O)C[C@H](NCCC(C)C)c1ccc(OC)nc1. The Kier molecular flexibility index (Phi) is 7.75. The van der Waals surface area contributed by atoms with Crippen molar-refractivity contribution in [1.29, 1.82) is 0 Å². The standard InChI is InChI=1S/C16H26N2O3/c1-5-21-16(19)10-14(17-9-8-12(2)3)13-6-7-15(20-4)18-11-13/h6-7,11-12,14,17H,5,8-10H2,1-4H3/t14-/m0/s1. The maximum absolute atomic E-state index is 11.7. The quantitative estimate of drug-likeness (QED) is 0.710. The van der Waals surface area contributed by atoms with Gasteiger partial charge in [0.15, 0.2) is 0 Å². The number of esters is 1. The monoisotopic (exact) mass is 294 g/mol. The molecule has 1 rings (SSSR count). The van der Waals surface area contributed by atoms with Crippen LogP contribution >= 0.6 is 0 Å². The van der Waals surface area contributed by atoms with E-state index < -0.39 is 0 Å². The minimum Gasteiger partial charge on any atom is -0.481 e. The number of hydrogen-bond donors (Lipinski definition) is 1. The maximum Gasteiger partial charge on any atom is 0.307 e. The summed E-state index contributed by atoms with van der Waals surface area (Å²) in [5.41, 5.74) is 0.965. The van der Waals surface area contributed by atoms with Gasteiger partial charge >= 0.3 is 5.97 Å². The van der Waals surface area contributed by atoms with E-state index in [1.807, 2.05) is 13.0 Å². The van der Waals surface area contributed by atoms with Gasteiger partial charge < -0.3 is 14.8 Å². The van der Waals surface area contributed by atoms with Crippen LogP contribution in [0.2, 0.25) is 0 Å². The van der Waals surface area contributed by atoms with Crippen LogP contribution in [-0.4, -0.2) is 31.2 Å². The van der Waals surface area contributed by atoms with Crippen LogP contribution in [0.15, 0.2) is 18.3 Å². The zero-order valence-electron chi connectivity index (χ0n) is 13.4. The van der Waals surface area contributed by atoms with Crippen LogP contribution in [0.1, 0.15) is 45.2 Å². The van der Waals surface area contributed by atoms with Crippen molar-refractivity contribution in [1.82, 2.24) is 10.3 Å². The molecule has 1 aromatic heterocycles. The smallest absolute Gasteiger partial charge is 0.307 e. The first-order valence-electron chi connectivity index (χ1n) is 7.45. The highest BCUT2D eigenvalue weighted by Gasteiger charge is 2.17. The third-order valence-corrected chi connectivity index (χ3v) is 3.16. The Morgan fingerprint density at radius 1 is 1.38 bits per heavy atom. The highest BCUT2D eigenvalue weighted by Crippen LogP contribution is 2.19. The van der Waals surface area contributed by atoms with E-state index in [0.717, 1.165) is 18.5 Å². The molecule has 0 spiro atoms. The average Bonchev–Trinajstić information content (AvgIpc) is 2.46. The van der Waals surface area contributed by atoms with Crippen molar-refractivity contribution in [2.75, 3.05) is 20.3 Å². The Labute approximate surface area is 127 Å². The molecule has 0 unspecified atom stereocenters. The van der Waals surface area contributed by atoms with Crippen molar-refractivity contribution in [2.24, 2.45) is 5.92 Å². The number of carbonyl (C=O) groups excluding carboxylic acids is 1. The lowest BCUT2D eigenvalue weighted by Crippen LogP contribution is -2.26. The topological polar surface area (TPSA) is 60.5 Å². The van der Waals surface area contributed by atoms with E-state index in [1.54, 1.807) is 19.4 Å². The summed E-state index contributed by atoms with van der Waals surface area (Å²) < 4.78 is 10.1. The van der Waals surface area contributed by atoms with Crippen LogP contribution in [0.5, 0.6) is 5.88 Å².